The molecule has 126 valence electrons. The molecule has 0 aromatic heterocycles. The average Bonchev–Trinajstić information content (AvgIpc) is 2.54. The number of hydrogen-bond donors (Lipinski definition) is 1. The number of methoxy groups -OCH3 is 1. The summed E-state index contributed by atoms with van der Waals surface area (Å²) in [4.78, 5) is 22.6. The molecule has 0 spiro atoms. The molecule has 0 radical (unpaired) electrons. The largest absolute Gasteiger partial charge is 0.465 e. The van der Waals surface area contributed by atoms with Crippen LogP contribution in [0.3, 0.4) is 0 Å². The van der Waals surface area contributed by atoms with Crippen LogP contribution in [-0.4, -0.2) is 27.3 Å². The van der Waals surface area contributed by atoms with Crippen LogP contribution in [0.25, 0.3) is 0 Å². The minimum absolute atomic E-state index is 0.0879. The van der Waals surface area contributed by atoms with Crippen molar-refractivity contribution in [2.24, 2.45) is 0 Å². The van der Waals surface area contributed by atoms with Gasteiger partial charge in [0.15, 0.2) is 5.78 Å². The number of esters is 1. The van der Waals surface area contributed by atoms with E-state index in [1.165, 1.54) is 38.3 Å². The first kappa shape index (κ1) is 17.7. The number of anilines is 1. The van der Waals surface area contributed by atoms with Crippen LogP contribution in [0.2, 0.25) is 0 Å². The number of sulfonamides is 1. The van der Waals surface area contributed by atoms with E-state index >= 15 is 0 Å². The van der Waals surface area contributed by atoms with Crippen molar-refractivity contribution >= 4 is 27.5 Å². The molecule has 2 aromatic rings. The SMILES string of the molecule is COC(=O)c1ccc(CS(=O)(=O)Nc2ccc(C(C)=O)cc2)cc1. The van der Waals surface area contributed by atoms with Crippen LogP contribution in [-0.2, 0) is 20.5 Å². The molecule has 0 aliphatic rings. The Kier molecular flexibility index (Phi) is 5.35. The summed E-state index contributed by atoms with van der Waals surface area (Å²) < 4.78 is 31.4. The Balaban J connectivity index is 2.08. The monoisotopic (exact) mass is 347 g/mol. The molecule has 0 fully saturated rings. The zero-order valence-corrected chi connectivity index (χ0v) is 14.1. The lowest BCUT2D eigenvalue weighted by Crippen LogP contribution is -2.15. The summed E-state index contributed by atoms with van der Waals surface area (Å²) in [5, 5.41) is 0. The van der Waals surface area contributed by atoms with E-state index < -0.39 is 16.0 Å². The first-order valence-corrected chi connectivity index (χ1v) is 8.75. The van der Waals surface area contributed by atoms with Gasteiger partial charge >= 0.3 is 5.97 Å². The molecule has 0 amide bonds. The summed E-state index contributed by atoms with van der Waals surface area (Å²) in [6.45, 7) is 1.44. The van der Waals surface area contributed by atoms with E-state index in [1.807, 2.05) is 0 Å². The molecule has 0 saturated carbocycles. The van der Waals surface area contributed by atoms with E-state index in [9.17, 15) is 18.0 Å². The highest BCUT2D eigenvalue weighted by molar-refractivity contribution is 7.91. The summed E-state index contributed by atoms with van der Waals surface area (Å²) in [5.74, 6) is -0.800. The zero-order valence-electron chi connectivity index (χ0n) is 13.3. The van der Waals surface area contributed by atoms with Crippen molar-refractivity contribution in [2.75, 3.05) is 11.8 Å². The second kappa shape index (κ2) is 7.27. The second-order valence-corrected chi connectivity index (χ2v) is 6.91. The molecule has 0 unspecified atom stereocenters. The number of carbonyl (C=O) groups is 2. The molecule has 0 aliphatic heterocycles. The minimum Gasteiger partial charge on any atom is -0.465 e. The van der Waals surface area contributed by atoms with Crippen molar-refractivity contribution in [3.8, 4) is 0 Å². The number of nitrogens with one attached hydrogen (secondary N) is 1. The van der Waals surface area contributed by atoms with Gasteiger partial charge in [-0.25, -0.2) is 13.2 Å². The van der Waals surface area contributed by atoms with Crippen molar-refractivity contribution in [3.05, 3.63) is 65.2 Å². The van der Waals surface area contributed by atoms with Gasteiger partial charge in [0.25, 0.3) is 0 Å². The fourth-order valence-electron chi connectivity index (χ4n) is 2.06. The van der Waals surface area contributed by atoms with Gasteiger partial charge < -0.3 is 4.74 Å². The van der Waals surface area contributed by atoms with Gasteiger partial charge in [0, 0.05) is 11.3 Å². The molecule has 7 heteroatoms. The first-order valence-electron chi connectivity index (χ1n) is 7.09. The number of carbonyl (C=O) groups excluding carboxylic acids is 2. The average molecular weight is 347 g/mol. The summed E-state index contributed by atoms with van der Waals surface area (Å²) >= 11 is 0. The number of hydrogen-bond acceptors (Lipinski definition) is 5. The van der Waals surface area contributed by atoms with Crippen LogP contribution < -0.4 is 4.72 Å². The molecule has 0 atom stereocenters. The van der Waals surface area contributed by atoms with Gasteiger partial charge in [0.1, 0.15) is 0 Å². The summed E-state index contributed by atoms with van der Waals surface area (Å²) in [6.07, 6.45) is 0. The number of ether oxygens (including phenoxy) is 1. The van der Waals surface area contributed by atoms with Crippen molar-refractivity contribution in [1.29, 1.82) is 0 Å². The van der Waals surface area contributed by atoms with E-state index in [4.69, 9.17) is 0 Å². The van der Waals surface area contributed by atoms with Gasteiger partial charge in [0.05, 0.1) is 18.4 Å². The van der Waals surface area contributed by atoms with Gasteiger partial charge in [-0.2, -0.15) is 0 Å². The molecule has 0 bridgehead atoms. The molecular weight excluding hydrogens is 330 g/mol. The third-order valence-corrected chi connectivity index (χ3v) is 4.56. The van der Waals surface area contributed by atoms with E-state index in [0.29, 0.717) is 22.4 Å². The molecule has 6 nitrogen and oxygen atoms in total. The maximum atomic E-state index is 12.2. The molecule has 0 aliphatic carbocycles. The Morgan fingerprint density at radius 2 is 1.50 bits per heavy atom. The van der Waals surface area contributed by atoms with E-state index in [0.717, 1.165) is 0 Å². The Hall–Kier alpha value is -2.67. The Bertz CT molecular complexity index is 840. The maximum Gasteiger partial charge on any atom is 0.337 e. The van der Waals surface area contributed by atoms with Gasteiger partial charge in [-0.1, -0.05) is 12.1 Å². The van der Waals surface area contributed by atoms with Crippen molar-refractivity contribution in [3.63, 3.8) is 0 Å². The zero-order chi connectivity index (χ0) is 17.7. The van der Waals surface area contributed by atoms with Crippen molar-refractivity contribution in [2.45, 2.75) is 12.7 Å². The van der Waals surface area contributed by atoms with Crippen molar-refractivity contribution in [1.82, 2.24) is 0 Å². The number of benzene rings is 2. The summed E-state index contributed by atoms with van der Waals surface area (Å²) in [7, 11) is -2.33. The smallest absolute Gasteiger partial charge is 0.337 e. The lowest BCUT2D eigenvalue weighted by atomic mass is 10.1. The van der Waals surface area contributed by atoms with Crippen LogP contribution in [0, 0.1) is 0 Å². The minimum atomic E-state index is -3.61. The highest BCUT2D eigenvalue weighted by Crippen LogP contribution is 2.15. The van der Waals surface area contributed by atoms with E-state index in [1.54, 1.807) is 24.3 Å². The third kappa shape index (κ3) is 4.66. The molecule has 0 saturated heterocycles. The molecule has 24 heavy (non-hydrogen) atoms. The van der Waals surface area contributed by atoms with Crippen LogP contribution >= 0.6 is 0 Å². The lowest BCUT2D eigenvalue weighted by molar-refractivity contribution is 0.0600. The van der Waals surface area contributed by atoms with Gasteiger partial charge in [-0.05, 0) is 48.9 Å². The topological polar surface area (TPSA) is 89.5 Å². The standard InChI is InChI=1S/C17H17NO5S/c1-12(19)14-7-9-16(10-8-14)18-24(21,22)11-13-3-5-15(6-4-13)17(20)23-2/h3-10,18H,11H2,1-2H3. The Morgan fingerprint density at radius 1 is 0.958 bits per heavy atom. The van der Waals surface area contributed by atoms with Crippen LogP contribution in [0.1, 0.15) is 33.2 Å². The summed E-state index contributed by atoms with van der Waals surface area (Å²) in [5.41, 5.74) is 1.78. The molecule has 2 aromatic carbocycles. The molecule has 1 N–H and O–H groups in total. The predicted molar refractivity (Wildman–Crippen MR) is 90.5 cm³/mol. The van der Waals surface area contributed by atoms with Gasteiger partial charge in [0.2, 0.25) is 10.0 Å². The normalized spacial score (nSPS) is 10.9. The molecule has 0 heterocycles. The van der Waals surface area contributed by atoms with Gasteiger partial charge in [-0.3, -0.25) is 9.52 Å². The fourth-order valence-corrected chi connectivity index (χ4v) is 3.26. The Labute approximate surface area is 140 Å². The quantitative estimate of drug-likeness (QED) is 0.641. The third-order valence-electron chi connectivity index (χ3n) is 3.30. The second-order valence-electron chi connectivity index (χ2n) is 5.18. The van der Waals surface area contributed by atoms with E-state index in [-0.39, 0.29) is 11.5 Å². The lowest BCUT2D eigenvalue weighted by Gasteiger charge is -2.09. The predicted octanol–water partition coefficient (Wildman–Crippen LogP) is 2.62. The molecule has 2 rings (SSSR count). The number of Topliss-reactive ketones (excluding diaryl/α,β-unsaturated/α-hetero) is 1. The fraction of sp³-hybridized carbons (Fsp3) is 0.176. The first-order chi connectivity index (χ1) is 11.3. The van der Waals surface area contributed by atoms with E-state index in [2.05, 4.69) is 9.46 Å². The van der Waals surface area contributed by atoms with Crippen LogP contribution in [0.5, 0.6) is 0 Å². The highest BCUT2D eigenvalue weighted by Gasteiger charge is 2.13. The summed E-state index contributed by atoms with van der Waals surface area (Å²) in [6, 6.07) is 12.3. The number of ketones is 1. The van der Waals surface area contributed by atoms with Gasteiger partial charge in [-0.15, -0.1) is 0 Å². The maximum absolute atomic E-state index is 12.2. The van der Waals surface area contributed by atoms with Crippen LogP contribution in [0.4, 0.5) is 5.69 Å². The Morgan fingerprint density at radius 3 is 2.00 bits per heavy atom. The molecular formula is C17H17NO5S. The highest BCUT2D eigenvalue weighted by atomic mass is 32.2. The number of rotatable bonds is 6. The van der Waals surface area contributed by atoms with Crippen LogP contribution in [0.15, 0.2) is 48.5 Å². The van der Waals surface area contributed by atoms with Crippen molar-refractivity contribution < 1.29 is 22.7 Å².